The van der Waals surface area contributed by atoms with Gasteiger partial charge in [-0.2, -0.15) is 0 Å². The van der Waals surface area contributed by atoms with Crippen LogP contribution in [-0.2, 0) is 25.5 Å². The number of nitrogens with zero attached hydrogens (tertiary/aromatic N) is 1. The molecule has 2 aliphatic rings. The van der Waals surface area contributed by atoms with E-state index in [2.05, 4.69) is 17.0 Å². The van der Waals surface area contributed by atoms with Crippen molar-refractivity contribution in [2.24, 2.45) is 11.3 Å². The topological polar surface area (TPSA) is 55.8 Å². The molecule has 1 heterocycles. The number of ether oxygens (including phenoxy) is 2. The number of rotatable bonds is 8. The maximum absolute atomic E-state index is 12.4. The maximum atomic E-state index is 12.4. The Hall–Kier alpha value is -1.72. The number of benzene rings is 1. The number of likely N-dealkylation sites (tertiary alicyclic amines) is 1. The summed E-state index contributed by atoms with van der Waals surface area (Å²) in [5, 5.41) is 0. The summed E-state index contributed by atoms with van der Waals surface area (Å²) in [6.45, 7) is 1.92. The Morgan fingerprint density at radius 2 is 1.96 bits per heavy atom. The van der Waals surface area contributed by atoms with Gasteiger partial charge >= 0.3 is 5.97 Å². The van der Waals surface area contributed by atoms with Gasteiger partial charge < -0.3 is 14.3 Å². The summed E-state index contributed by atoms with van der Waals surface area (Å²) in [6, 6.07) is 10.1. The third-order valence-corrected chi connectivity index (χ3v) is 5.83. The zero-order chi connectivity index (χ0) is 18.4. The van der Waals surface area contributed by atoms with E-state index in [4.69, 9.17) is 9.47 Å². The summed E-state index contributed by atoms with van der Waals surface area (Å²) in [6.07, 6.45) is 5.92. The fourth-order valence-electron chi connectivity index (χ4n) is 3.78. The Bertz CT molecular complexity index is 591. The third-order valence-electron chi connectivity index (χ3n) is 5.83. The number of hydrogen-bond donors (Lipinski definition) is 0. The van der Waals surface area contributed by atoms with Crippen molar-refractivity contribution in [3.05, 3.63) is 35.9 Å². The van der Waals surface area contributed by atoms with Gasteiger partial charge in [-0.15, -0.1) is 0 Å². The number of piperidine rings is 1. The van der Waals surface area contributed by atoms with Gasteiger partial charge in [0.15, 0.2) is 6.23 Å². The summed E-state index contributed by atoms with van der Waals surface area (Å²) >= 11 is 0. The SMILES string of the molecule is COCC1(C=O)CCN(C(Cc2ccccc2)OC(=O)C2CCC2)CC1. The first kappa shape index (κ1) is 19.1. The van der Waals surface area contributed by atoms with Crippen molar-refractivity contribution in [3.8, 4) is 0 Å². The number of hydrogen-bond acceptors (Lipinski definition) is 5. The van der Waals surface area contributed by atoms with Crippen molar-refractivity contribution in [2.75, 3.05) is 26.8 Å². The number of methoxy groups -OCH3 is 1. The van der Waals surface area contributed by atoms with Gasteiger partial charge in [-0.3, -0.25) is 9.69 Å². The van der Waals surface area contributed by atoms with Crippen molar-refractivity contribution in [1.29, 1.82) is 0 Å². The molecule has 1 atom stereocenters. The maximum Gasteiger partial charge on any atom is 0.310 e. The number of esters is 1. The van der Waals surface area contributed by atoms with E-state index < -0.39 is 5.41 Å². The van der Waals surface area contributed by atoms with Gasteiger partial charge in [-0.25, -0.2) is 0 Å². The molecule has 0 radical (unpaired) electrons. The molecule has 1 unspecified atom stereocenters. The van der Waals surface area contributed by atoms with Crippen LogP contribution in [0.3, 0.4) is 0 Å². The lowest BCUT2D eigenvalue weighted by atomic mass is 9.80. The monoisotopic (exact) mass is 359 g/mol. The van der Waals surface area contributed by atoms with E-state index in [0.29, 0.717) is 13.0 Å². The molecule has 1 saturated carbocycles. The number of aldehydes is 1. The Labute approximate surface area is 155 Å². The lowest BCUT2D eigenvalue weighted by Gasteiger charge is -2.41. The predicted molar refractivity (Wildman–Crippen MR) is 98.5 cm³/mol. The fourth-order valence-corrected chi connectivity index (χ4v) is 3.78. The van der Waals surface area contributed by atoms with Crippen LogP contribution in [-0.4, -0.2) is 50.2 Å². The lowest BCUT2D eigenvalue weighted by Crippen LogP contribution is -2.50. The van der Waals surface area contributed by atoms with Crippen LogP contribution >= 0.6 is 0 Å². The van der Waals surface area contributed by atoms with Crippen LogP contribution < -0.4 is 0 Å². The minimum Gasteiger partial charge on any atom is -0.446 e. The van der Waals surface area contributed by atoms with Gasteiger partial charge in [-0.1, -0.05) is 36.8 Å². The summed E-state index contributed by atoms with van der Waals surface area (Å²) in [4.78, 5) is 26.2. The molecule has 2 fully saturated rings. The Kier molecular flexibility index (Phi) is 6.43. The van der Waals surface area contributed by atoms with Crippen LogP contribution in [0, 0.1) is 11.3 Å². The summed E-state index contributed by atoms with van der Waals surface area (Å²) in [5.74, 6) is 0.00178. The highest BCUT2D eigenvalue weighted by Gasteiger charge is 2.38. The molecular formula is C21H29NO4. The summed E-state index contributed by atoms with van der Waals surface area (Å²) < 4.78 is 11.2. The van der Waals surface area contributed by atoms with E-state index >= 15 is 0 Å². The van der Waals surface area contributed by atoms with E-state index in [9.17, 15) is 9.59 Å². The second-order valence-corrected chi connectivity index (χ2v) is 7.66. The van der Waals surface area contributed by atoms with Gasteiger partial charge in [0, 0.05) is 26.6 Å². The van der Waals surface area contributed by atoms with Crippen LogP contribution in [0.1, 0.15) is 37.7 Å². The first-order chi connectivity index (χ1) is 12.7. The molecule has 5 nitrogen and oxygen atoms in total. The molecule has 3 rings (SSSR count). The Morgan fingerprint density at radius 3 is 2.50 bits per heavy atom. The molecule has 0 bridgehead atoms. The van der Waals surface area contributed by atoms with Crippen molar-refractivity contribution < 1.29 is 19.1 Å². The second-order valence-electron chi connectivity index (χ2n) is 7.66. The van der Waals surface area contributed by atoms with E-state index in [1.54, 1.807) is 7.11 Å². The van der Waals surface area contributed by atoms with Gasteiger partial charge in [-0.05, 0) is 31.2 Å². The molecule has 1 saturated heterocycles. The standard InChI is InChI=1S/C21H29NO4/c1-25-16-21(15-23)10-12-22(13-11-21)19(14-17-6-3-2-4-7-17)26-20(24)18-8-5-9-18/h2-4,6-7,15,18-19H,5,8-14,16H2,1H3. The van der Waals surface area contributed by atoms with Gasteiger partial charge in [0.2, 0.25) is 0 Å². The first-order valence-electron chi connectivity index (χ1n) is 9.59. The molecule has 0 N–H and O–H groups in total. The highest BCUT2D eigenvalue weighted by atomic mass is 16.6. The Morgan fingerprint density at radius 1 is 1.27 bits per heavy atom. The smallest absolute Gasteiger partial charge is 0.310 e. The zero-order valence-corrected chi connectivity index (χ0v) is 15.6. The molecule has 0 spiro atoms. The van der Waals surface area contributed by atoms with Gasteiger partial charge in [0.05, 0.1) is 17.9 Å². The van der Waals surface area contributed by atoms with Crippen LogP contribution in [0.2, 0.25) is 0 Å². The largest absolute Gasteiger partial charge is 0.446 e. The minimum atomic E-state index is -0.402. The normalized spacial score (nSPS) is 21.6. The molecular weight excluding hydrogens is 330 g/mol. The quantitative estimate of drug-likeness (QED) is 0.528. The van der Waals surface area contributed by atoms with Crippen LogP contribution in [0.25, 0.3) is 0 Å². The molecule has 0 amide bonds. The predicted octanol–water partition coefficient (Wildman–Crippen LogP) is 2.83. The average molecular weight is 359 g/mol. The lowest BCUT2D eigenvalue weighted by molar-refractivity contribution is -0.170. The van der Waals surface area contributed by atoms with Crippen molar-refractivity contribution in [1.82, 2.24) is 4.90 Å². The first-order valence-corrected chi connectivity index (χ1v) is 9.59. The van der Waals surface area contributed by atoms with Crippen molar-refractivity contribution in [3.63, 3.8) is 0 Å². The molecule has 142 valence electrons. The third kappa shape index (κ3) is 4.51. The molecule has 1 aliphatic heterocycles. The highest BCUT2D eigenvalue weighted by molar-refractivity contribution is 5.73. The Balaban J connectivity index is 1.66. The molecule has 5 heteroatoms. The summed E-state index contributed by atoms with van der Waals surface area (Å²) in [7, 11) is 1.64. The number of carbonyl (C=O) groups excluding carboxylic acids is 2. The number of carbonyl (C=O) groups is 2. The van der Waals surface area contributed by atoms with Crippen LogP contribution in [0.15, 0.2) is 30.3 Å². The fraction of sp³-hybridized carbons (Fsp3) is 0.619. The van der Waals surface area contributed by atoms with Crippen LogP contribution in [0.5, 0.6) is 0 Å². The second kappa shape index (κ2) is 8.78. The van der Waals surface area contributed by atoms with Crippen LogP contribution in [0.4, 0.5) is 0 Å². The molecule has 1 aliphatic carbocycles. The van der Waals surface area contributed by atoms with E-state index in [-0.39, 0.29) is 18.1 Å². The summed E-state index contributed by atoms with van der Waals surface area (Å²) in [5.41, 5.74) is 0.753. The highest BCUT2D eigenvalue weighted by Crippen LogP contribution is 2.32. The molecule has 0 aromatic heterocycles. The van der Waals surface area contributed by atoms with Crippen molar-refractivity contribution in [2.45, 2.75) is 44.8 Å². The zero-order valence-electron chi connectivity index (χ0n) is 15.6. The molecule has 26 heavy (non-hydrogen) atoms. The van der Waals surface area contributed by atoms with Gasteiger partial charge in [0.25, 0.3) is 0 Å². The molecule has 1 aromatic carbocycles. The van der Waals surface area contributed by atoms with E-state index in [1.807, 2.05) is 18.2 Å². The van der Waals surface area contributed by atoms with Crippen molar-refractivity contribution >= 4 is 12.3 Å². The average Bonchev–Trinajstić information content (AvgIpc) is 2.61. The molecule has 1 aromatic rings. The van der Waals surface area contributed by atoms with Gasteiger partial charge in [0.1, 0.15) is 6.29 Å². The minimum absolute atomic E-state index is 0.0682. The van der Waals surface area contributed by atoms with E-state index in [0.717, 1.165) is 57.0 Å². The van der Waals surface area contributed by atoms with E-state index in [1.165, 1.54) is 0 Å².